The van der Waals surface area contributed by atoms with Crippen molar-refractivity contribution in [2.45, 2.75) is 4.90 Å². The van der Waals surface area contributed by atoms with Gasteiger partial charge in [0.25, 0.3) is 5.91 Å². The molecule has 0 spiro atoms. The second-order valence-electron chi connectivity index (χ2n) is 7.44. The zero-order valence-corrected chi connectivity index (χ0v) is 19.2. The summed E-state index contributed by atoms with van der Waals surface area (Å²) in [6.07, 6.45) is 3.02. The minimum Gasteiger partial charge on any atom is -0.436 e. The number of carbonyl (C=O) groups is 1. The molecule has 1 amide bonds. The van der Waals surface area contributed by atoms with Gasteiger partial charge in [0.15, 0.2) is 5.58 Å². The van der Waals surface area contributed by atoms with E-state index in [1.54, 1.807) is 12.1 Å². The number of aromatic nitrogens is 1. The number of rotatable bonds is 9. The van der Waals surface area contributed by atoms with Gasteiger partial charge in [0.05, 0.1) is 4.90 Å². The minimum atomic E-state index is -3.72. The van der Waals surface area contributed by atoms with Gasteiger partial charge in [-0.15, -0.1) is 13.2 Å². The number of para-hydroxylation sites is 2. The number of nitrogens with zero attached hydrogens (tertiary/aromatic N) is 2. The van der Waals surface area contributed by atoms with Crippen molar-refractivity contribution in [2.24, 2.45) is 0 Å². The lowest BCUT2D eigenvalue weighted by Gasteiger charge is -2.19. The third kappa shape index (κ3) is 4.83. The Labute approximate surface area is 198 Å². The molecule has 1 heterocycles. The second kappa shape index (κ2) is 9.86. The monoisotopic (exact) mass is 473 g/mol. The quantitative estimate of drug-likeness (QED) is 0.341. The molecule has 1 N–H and O–H groups in total. The number of carbonyl (C=O) groups excluding carboxylic acids is 1. The first-order valence-electron chi connectivity index (χ1n) is 10.5. The Morgan fingerprint density at radius 3 is 2.21 bits per heavy atom. The fraction of sp³-hybridized carbons (Fsp3) is 0.0769. The van der Waals surface area contributed by atoms with Crippen LogP contribution in [0, 0.1) is 0 Å². The normalized spacial score (nSPS) is 11.4. The molecule has 0 aliphatic rings. The number of hydrogen-bond donors (Lipinski definition) is 1. The van der Waals surface area contributed by atoms with E-state index in [9.17, 15) is 13.2 Å². The number of sulfonamides is 1. The van der Waals surface area contributed by atoms with E-state index >= 15 is 0 Å². The number of anilines is 1. The molecule has 0 saturated heterocycles. The average Bonchev–Trinajstić information content (AvgIpc) is 3.29. The van der Waals surface area contributed by atoms with Crippen molar-refractivity contribution in [1.29, 1.82) is 0 Å². The Balaban J connectivity index is 1.46. The SMILES string of the molecule is C=CCN(CC=C)S(=O)(=O)c1ccc(C(=O)Nc2ccc(-c3nc4ccccc4o3)cc2)cc1. The lowest BCUT2D eigenvalue weighted by Crippen LogP contribution is -2.31. The topological polar surface area (TPSA) is 92.5 Å². The molecule has 0 bridgehead atoms. The van der Waals surface area contributed by atoms with Gasteiger partial charge in [-0.3, -0.25) is 4.79 Å². The largest absolute Gasteiger partial charge is 0.436 e. The number of oxazole rings is 1. The van der Waals surface area contributed by atoms with Crippen LogP contribution in [0.25, 0.3) is 22.6 Å². The van der Waals surface area contributed by atoms with E-state index in [0.717, 1.165) is 11.1 Å². The predicted molar refractivity (Wildman–Crippen MR) is 133 cm³/mol. The summed E-state index contributed by atoms with van der Waals surface area (Å²) >= 11 is 0. The van der Waals surface area contributed by atoms with Gasteiger partial charge in [0, 0.05) is 29.9 Å². The molecule has 1 aromatic heterocycles. The summed E-state index contributed by atoms with van der Waals surface area (Å²) in [6.45, 7) is 7.52. The van der Waals surface area contributed by atoms with E-state index in [4.69, 9.17) is 4.42 Å². The molecule has 34 heavy (non-hydrogen) atoms. The molecule has 7 nitrogen and oxygen atoms in total. The molecule has 3 aromatic carbocycles. The highest BCUT2D eigenvalue weighted by Gasteiger charge is 2.22. The number of benzene rings is 3. The third-order valence-electron chi connectivity index (χ3n) is 5.10. The standard InChI is InChI=1S/C26H23N3O4S/c1-3-17-29(18-4-2)34(31,32)22-15-11-19(12-16-22)25(30)27-21-13-9-20(10-14-21)26-28-23-7-5-6-8-24(23)33-26/h3-16H,1-2,17-18H2,(H,27,30). The zero-order valence-electron chi connectivity index (χ0n) is 18.3. The minimum absolute atomic E-state index is 0.0930. The first-order valence-corrected chi connectivity index (χ1v) is 12.0. The number of hydrogen-bond acceptors (Lipinski definition) is 5. The molecular formula is C26H23N3O4S. The van der Waals surface area contributed by atoms with Crippen molar-refractivity contribution < 1.29 is 17.6 Å². The molecular weight excluding hydrogens is 450 g/mol. The van der Waals surface area contributed by atoms with Gasteiger partial charge < -0.3 is 9.73 Å². The lowest BCUT2D eigenvalue weighted by atomic mass is 10.2. The average molecular weight is 474 g/mol. The zero-order chi connectivity index (χ0) is 24.1. The lowest BCUT2D eigenvalue weighted by molar-refractivity contribution is 0.102. The van der Waals surface area contributed by atoms with Gasteiger partial charge in [0.1, 0.15) is 5.52 Å². The summed E-state index contributed by atoms with van der Waals surface area (Å²) in [4.78, 5) is 17.2. The second-order valence-corrected chi connectivity index (χ2v) is 9.38. The van der Waals surface area contributed by atoms with Crippen LogP contribution in [0.1, 0.15) is 10.4 Å². The highest BCUT2D eigenvalue weighted by atomic mass is 32.2. The number of fused-ring (bicyclic) bond motifs is 1. The summed E-state index contributed by atoms with van der Waals surface area (Å²) in [5.41, 5.74) is 3.19. The molecule has 172 valence electrons. The summed E-state index contributed by atoms with van der Waals surface area (Å²) in [5.74, 6) is 0.144. The molecule has 0 fully saturated rings. The van der Waals surface area contributed by atoms with Gasteiger partial charge in [0.2, 0.25) is 15.9 Å². The fourth-order valence-electron chi connectivity index (χ4n) is 3.38. The Bertz CT molecular complexity index is 1400. The van der Waals surface area contributed by atoms with Crippen LogP contribution in [-0.2, 0) is 10.0 Å². The molecule has 0 saturated carbocycles. The Morgan fingerprint density at radius 1 is 0.941 bits per heavy atom. The maximum atomic E-state index is 12.8. The van der Waals surface area contributed by atoms with E-state index in [2.05, 4.69) is 23.5 Å². The van der Waals surface area contributed by atoms with E-state index in [1.807, 2.05) is 36.4 Å². The van der Waals surface area contributed by atoms with Crippen LogP contribution in [0.2, 0.25) is 0 Å². The van der Waals surface area contributed by atoms with Crippen LogP contribution in [0.5, 0.6) is 0 Å². The summed E-state index contributed by atoms with van der Waals surface area (Å²) in [6, 6.07) is 20.4. The highest BCUT2D eigenvalue weighted by molar-refractivity contribution is 7.89. The highest BCUT2D eigenvalue weighted by Crippen LogP contribution is 2.25. The molecule has 0 aliphatic carbocycles. The van der Waals surface area contributed by atoms with E-state index < -0.39 is 10.0 Å². The van der Waals surface area contributed by atoms with Gasteiger partial charge in [-0.05, 0) is 60.7 Å². The Morgan fingerprint density at radius 2 is 1.59 bits per heavy atom. The van der Waals surface area contributed by atoms with Crippen LogP contribution < -0.4 is 5.32 Å². The van der Waals surface area contributed by atoms with E-state index in [0.29, 0.717) is 22.7 Å². The van der Waals surface area contributed by atoms with Crippen LogP contribution >= 0.6 is 0 Å². The smallest absolute Gasteiger partial charge is 0.255 e. The maximum Gasteiger partial charge on any atom is 0.255 e. The Hall–Kier alpha value is -4.01. The maximum absolute atomic E-state index is 12.8. The number of amides is 1. The molecule has 8 heteroatoms. The van der Waals surface area contributed by atoms with Crippen molar-refractivity contribution in [3.05, 3.63) is 104 Å². The van der Waals surface area contributed by atoms with E-state index in [1.165, 1.54) is 40.7 Å². The van der Waals surface area contributed by atoms with Crippen molar-refractivity contribution in [3.8, 4) is 11.5 Å². The van der Waals surface area contributed by atoms with Gasteiger partial charge >= 0.3 is 0 Å². The molecule has 0 radical (unpaired) electrons. The summed E-state index contributed by atoms with van der Waals surface area (Å²) in [5, 5.41) is 2.81. The molecule has 4 rings (SSSR count). The summed E-state index contributed by atoms with van der Waals surface area (Å²) < 4.78 is 32.6. The van der Waals surface area contributed by atoms with Gasteiger partial charge in [-0.2, -0.15) is 4.31 Å². The molecule has 0 unspecified atom stereocenters. The van der Waals surface area contributed by atoms with Crippen molar-refractivity contribution in [3.63, 3.8) is 0 Å². The fourth-order valence-corrected chi connectivity index (χ4v) is 4.76. The summed E-state index contributed by atoms with van der Waals surface area (Å²) in [7, 11) is -3.72. The van der Waals surface area contributed by atoms with Gasteiger partial charge in [-0.1, -0.05) is 24.3 Å². The first-order chi connectivity index (χ1) is 16.4. The molecule has 0 aliphatic heterocycles. The van der Waals surface area contributed by atoms with E-state index in [-0.39, 0.29) is 23.9 Å². The Kier molecular flexibility index (Phi) is 6.72. The molecule has 0 atom stereocenters. The molecule has 4 aromatic rings. The number of nitrogens with one attached hydrogen (secondary N) is 1. The van der Waals surface area contributed by atoms with Crippen LogP contribution in [0.4, 0.5) is 5.69 Å². The first kappa shape index (κ1) is 23.2. The van der Waals surface area contributed by atoms with Crippen LogP contribution in [0.3, 0.4) is 0 Å². The van der Waals surface area contributed by atoms with Crippen molar-refractivity contribution in [2.75, 3.05) is 18.4 Å². The predicted octanol–water partition coefficient (Wildman–Crippen LogP) is 5.11. The van der Waals surface area contributed by atoms with Crippen LogP contribution in [-0.4, -0.2) is 36.7 Å². The third-order valence-corrected chi connectivity index (χ3v) is 6.95. The van der Waals surface area contributed by atoms with Crippen LogP contribution in [0.15, 0.2) is 107 Å². The van der Waals surface area contributed by atoms with Gasteiger partial charge in [-0.25, -0.2) is 13.4 Å². The van der Waals surface area contributed by atoms with Crippen molar-refractivity contribution in [1.82, 2.24) is 9.29 Å². The van der Waals surface area contributed by atoms with Crippen molar-refractivity contribution >= 4 is 32.7 Å².